The lowest BCUT2D eigenvalue weighted by atomic mass is 10.00. The van der Waals surface area contributed by atoms with E-state index in [0.717, 1.165) is 41.6 Å². The molecule has 0 saturated carbocycles. The van der Waals surface area contributed by atoms with E-state index < -0.39 is 0 Å². The molecule has 0 radical (unpaired) electrons. The van der Waals surface area contributed by atoms with Crippen molar-refractivity contribution in [3.05, 3.63) is 64.3 Å². The van der Waals surface area contributed by atoms with Crippen LogP contribution in [0.5, 0.6) is 0 Å². The first-order chi connectivity index (χ1) is 15.2. The summed E-state index contributed by atoms with van der Waals surface area (Å²) in [5.74, 6) is 0.784. The van der Waals surface area contributed by atoms with Crippen molar-refractivity contribution in [1.29, 1.82) is 0 Å². The Morgan fingerprint density at radius 1 is 1.16 bits per heavy atom. The normalized spacial score (nSPS) is 16.9. The Kier molecular flexibility index (Phi) is 5.07. The number of hydrogen-bond donors (Lipinski definition) is 2. The Bertz CT molecular complexity index is 1270. The molecule has 1 fully saturated rings. The number of ether oxygens (including phenoxy) is 1. The average molecular weight is 419 g/mol. The maximum Gasteiger partial charge on any atom is 0.326 e. The number of methoxy groups -OCH3 is 1. The molecule has 160 valence electrons. The van der Waals surface area contributed by atoms with E-state index in [1.165, 1.54) is 0 Å². The van der Waals surface area contributed by atoms with E-state index in [0.29, 0.717) is 30.8 Å². The van der Waals surface area contributed by atoms with E-state index in [2.05, 4.69) is 9.97 Å². The SMILES string of the molecule is COCCn1c(=O)[nH]c2cc(C(=O)N3CCCC[C@H]3c3nc4ccccc4[nH]3)ccc21. The average Bonchev–Trinajstić information content (AvgIpc) is 3.37. The highest BCUT2D eigenvalue weighted by Gasteiger charge is 2.31. The Morgan fingerprint density at radius 2 is 2.03 bits per heavy atom. The van der Waals surface area contributed by atoms with Crippen molar-refractivity contribution < 1.29 is 9.53 Å². The Labute approximate surface area is 178 Å². The monoisotopic (exact) mass is 419 g/mol. The lowest BCUT2D eigenvalue weighted by molar-refractivity contribution is 0.0601. The van der Waals surface area contributed by atoms with Gasteiger partial charge in [0.25, 0.3) is 5.91 Å². The molecule has 31 heavy (non-hydrogen) atoms. The van der Waals surface area contributed by atoms with E-state index in [4.69, 9.17) is 9.72 Å². The fourth-order valence-corrected chi connectivity index (χ4v) is 4.46. The number of imidazole rings is 2. The summed E-state index contributed by atoms with van der Waals surface area (Å²) in [6.45, 7) is 1.59. The summed E-state index contributed by atoms with van der Waals surface area (Å²) < 4.78 is 6.72. The van der Waals surface area contributed by atoms with Crippen LogP contribution in [0.1, 0.15) is 41.5 Å². The zero-order valence-corrected chi connectivity index (χ0v) is 17.4. The van der Waals surface area contributed by atoms with Crippen molar-refractivity contribution in [2.24, 2.45) is 0 Å². The van der Waals surface area contributed by atoms with E-state index in [9.17, 15) is 9.59 Å². The van der Waals surface area contributed by atoms with E-state index in [1.807, 2.05) is 35.2 Å². The molecule has 5 rings (SSSR count). The summed E-state index contributed by atoms with van der Waals surface area (Å²) in [5.41, 5.74) is 3.68. The van der Waals surface area contributed by atoms with Crippen LogP contribution in [0.15, 0.2) is 47.3 Å². The Morgan fingerprint density at radius 3 is 2.87 bits per heavy atom. The van der Waals surface area contributed by atoms with Gasteiger partial charge in [-0.1, -0.05) is 12.1 Å². The molecular formula is C23H25N5O3. The number of H-pyrrole nitrogens is 2. The second-order valence-corrected chi connectivity index (χ2v) is 7.96. The second kappa shape index (κ2) is 8.03. The van der Waals surface area contributed by atoms with Crippen LogP contribution in [0.4, 0.5) is 0 Å². The van der Waals surface area contributed by atoms with Crippen molar-refractivity contribution in [3.63, 3.8) is 0 Å². The van der Waals surface area contributed by atoms with Gasteiger partial charge in [0.2, 0.25) is 0 Å². The number of para-hydroxylation sites is 2. The minimum absolute atomic E-state index is 0.0439. The number of nitrogens with zero attached hydrogens (tertiary/aromatic N) is 3. The van der Waals surface area contributed by atoms with Crippen molar-refractivity contribution in [2.45, 2.75) is 31.8 Å². The van der Waals surface area contributed by atoms with E-state index in [1.54, 1.807) is 23.8 Å². The van der Waals surface area contributed by atoms with Gasteiger partial charge in [-0.15, -0.1) is 0 Å². The fraction of sp³-hybridized carbons (Fsp3) is 0.348. The Balaban J connectivity index is 1.47. The van der Waals surface area contributed by atoms with Gasteiger partial charge in [0.1, 0.15) is 5.82 Å². The molecule has 1 aliphatic heterocycles. The molecule has 1 aliphatic rings. The molecule has 3 heterocycles. The summed E-state index contributed by atoms with van der Waals surface area (Å²) in [6.07, 6.45) is 2.90. The number of likely N-dealkylation sites (tertiary alicyclic amines) is 1. The van der Waals surface area contributed by atoms with Crippen molar-refractivity contribution in [1.82, 2.24) is 24.4 Å². The van der Waals surface area contributed by atoms with E-state index >= 15 is 0 Å². The van der Waals surface area contributed by atoms with Gasteiger partial charge in [0, 0.05) is 19.2 Å². The highest BCUT2D eigenvalue weighted by Crippen LogP contribution is 2.32. The standard InChI is InChI=1S/C23H25N5O3/c1-31-13-12-28-19-10-9-15(14-18(19)26-23(28)30)22(29)27-11-5-4-8-20(27)21-24-16-6-2-3-7-17(16)25-21/h2-3,6-7,9-10,14,20H,4-5,8,11-13H2,1H3,(H,24,25)(H,26,30)/t20-/m0/s1. The number of fused-ring (bicyclic) bond motifs is 2. The highest BCUT2D eigenvalue weighted by atomic mass is 16.5. The number of aromatic amines is 2. The van der Waals surface area contributed by atoms with Gasteiger partial charge in [-0.3, -0.25) is 9.36 Å². The maximum atomic E-state index is 13.5. The van der Waals surface area contributed by atoms with Crippen molar-refractivity contribution in [2.75, 3.05) is 20.3 Å². The molecule has 2 N–H and O–H groups in total. The van der Waals surface area contributed by atoms with Crippen LogP contribution >= 0.6 is 0 Å². The third kappa shape index (κ3) is 3.53. The van der Waals surface area contributed by atoms with Gasteiger partial charge >= 0.3 is 5.69 Å². The second-order valence-electron chi connectivity index (χ2n) is 7.96. The molecular weight excluding hydrogens is 394 g/mol. The summed E-state index contributed by atoms with van der Waals surface area (Å²) in [4.78, 5) is 38.7. The number of amides is 1. The number of carbonyl (C=O) groups is 1. The van der Waals surface area contributed by atoms with Crippen molar-refractivity contribution in [3.8, 4) is 0 Å². The minimum Gasteiger partial charge on any atom is -0.383 e. The topological polar surface area (TPSA) is 96.0 Å². The molecule has 8 nitrogen and oxygen atoms in total. The number of carbonyl (C=O) groups excluding carboxylic acids is 1. The summed E-state index contributed by atoms with van der Waals surface area (Å²) in [6, 6.07) is 13.2. The number of piperidine rings is 1. The lowest BCUT2D eigenvalue weighted by Gasteiger charge is -2.34. The number of benzene rings is 2. The van der Waals surface area contributed by atoms with Gasteiger partial charge in [-0.25, -0.2) is 9.78 Å². The molecule has 0 bridgehead atoms. The van der Waals surface area contributed by atoms with Crippen molar-refractivity contribution >= 4 is 28.0 Å². The van der Waals surface area contributed by atoms with Crippen LogP contribution in [0.3, 0.4) is 0 Å². The highest BCUT2D eigenvalue weighted by molar-refractivity contribution is 5.97. The predicted molar refractivity (Wildman–Crippen MR) is 118 cm³/mol. The molecule has 2 aromatic carbocycles. The molecule has 0 aliphatic carbocycles. The smallest absolute Gasteiger partial charge is 0.326 e. The third-order valence-electron chi connectivity index (χ3n) is 6.03. The predicted octanol–water partition coefficient (Wildman–Crippen LogP) is 3.22. The lowest BCUT2D eigenvalue weighted by Crippen LogP contribution is -2.39. The molecule has 1 saturated heterocycles. The van der Waals surface area contributed by atoms with Crippen LogP contribution < -0.4 is 5.69 Å². The van der Waals surface area contributed by atoms with Crippen LogP contribution in [0.2, 0.25) is 0 Å². The van der Waals surface area contributed by atoms with E-state index in [-0.39, 0.29) is 17.6 Å². The molecule has 0 spiro atoms. The third-order valence-corrected chi connectivity index (χ3v) is 6.03. The zero-order valence-electron chi connectivity index (χ0n) is 17.4. The number of rotatable bonds is 5. The fourth-order valence-electron chi connectivity index (χ4n) is 4.46. The van der Waals surface area contributed by atoms with Crippen LogP contribution in [-0.4, -0.2) is 50.6 Å². The first-order valence-corrected chi connectivity index (χ1v) is 10.6. The van der Waals surface area contributed by atoms with Gasteiger partial charge in [-0.05, 0) is 49.6 Å². The van der Waals surface area contributed by atoms with Gasteiger partial charge < -0.3 is 19.6 Å². The number of aromatic nitrogens is 4. The van der Waals surface area contributed by atoms with Gasteiger partial charge in [0.15, 0.2) is 0 Å². The maximum absolute atomic E-state index is 13.5. The molecule has 0 unspecified atom stereocenters. The van der Waals surface area contributed by atoms with Crippen LogP contribution in [-0.2, 0) is 11.3 Å². The molecule has 2 aromatic heterocycles. The summed E-state index contributed by atoms with van der Waals surface area (Å²) in [5, 5.41) is 0. The zero-order chi connectivity index (χ0) is 21.4. The number of nitrogens with one attached hydrogen (secondary N) is 2. The molecule has 8 heteroatoms. The molecule has 1 atom stereocenters. The number of hydrogen-bond acceptors (Lipinski definition) is 4. The minimum atomic E-state index is -0.199. The molecule has 1 amide bonds. The van der Waals surface area contributed by atoms with Crippen LogP contribution in [0.25, 0.3) is 22.1 Å². The first-order valence-electron chi connectivity index (χ1n) is 10.6. The molecule has 4 aromatic rings. The Hall–Kier alpha value is -3.39. The van der Waals surface area contributed by atoms with Gasteiger partial charge in [-0.2, -0.15) is 0 Å². The largest absolute Gasteiger partial charge is 0.383 e. The van der Waals surface area contributed by atoms with Gasteiger partial charge in [0.05, 0.1) is 41.3 Å². The summed E-state index contributed by atoms with van der Waals surface area (Å²) >= 11 is 0. The first kappa shape index (κ1) is 19.6. The van der Waals surface area contributed by atoms with Crippen LogP contribution in [0, 0.1) is 0 Å². The summed E-state index contributed by atoms with van der Waals surface area (Å²) in [7, 11) is 1.60. The quantitative estimate of drug-likeness (QED) is 0.519.